The van der Waals surface area contributed by atoms with Crippen LogP contribution in [0.2, 0.25) is 0 Å². The monoisotopic (exact) mass is 327 g/mol. The van der Waals surface area contributed by atoms with Crippen molar-refractivity contribution in [2.24, 2.45) is 7.05 Å². The van der Waals surface area contributed by atoms with Crippen LogP contribution in [-0.2, 0) is 20.1 Å². The summed E-state index contributed by atoms with van der Waals surface area (Å²) >= 11 is 0. The minimum Gasteiger partial charge on any atom is -0.394 e. The minimum absolute atomic E-state index is 0.127. The van der Waals surface area contributed by atoms with E-state index < -0.39 is 0 Å². The van der Waals surface area contributed by atoms with Gasteiger partial charge in [-0.25, -0.2) is 0 Å². The molecule has 0 spiro atoms. The molecule has 1 aliphatic heterocycles. The van der Waals surface area contributed by atoms with Crippen LogP contribution in [0.25, 0.3) is 0 Å². The van der Waals surface area contributed by atoms with Gasteiger partial charge in [0, 0.05) is 37.1 Å². The summed E-state index contributed by atoms with van der Waals surface area (Å²) in [6.07, 6.45) is 4.04. The van der Waals surface area contributed by atoms with Gasteiger partial charge in [-0.1, -0.05) is 0 Å². The van der Waals surface area contributed by atoms with Crippen LogP contribution in [-0.4, -0.2) is 44.1 Å². The summed E-state index contributed by atoms with van der Waals surface area (Å²) in [5.41, 5.74) is 4.39. The molecular weight excluding hydrogens is 302 g/mol. The molecule has 128 valence electrons. The molecule has 6 heteroatoms. The Morgan fingerprint density at radius 2 is 2.12 bits per heavy atom. The van der Waals surface area contributed by atoms with Crippen LogP contribution in [0.4, 0.5) is 0 Å². The molecule has 3 rings (SSSR count). The lowest BCUT2D eigenvalue weighted by molar-refractivity contribution is 0.198. The SMILES string of the molecule is Cc1c(CN2CCC(c3ccnn3CCO)CC2)cc(C#N)n1C. The van der Waals surface area contributed by atoms with E-state index in [0.717, 1.165) is 38.2 Å². The van der Waals surface area contributed by atoms with Gasteiger partial charge >= 0.3 is 0 Å². The topological polar surface area (TPSA) is 70.0 Å². The molecule has 2 aromatic heterocycles. The second kappa shape index (κ2) is 7.20. The number of likely N-dealkylation sites (tertiary alicyclic amines) is 1. The van der Waals surface area contributed by atoms with Crippen molar-refractivity contribution in [3.8, 4) is 6.07 Å². The van der Waals surface area contributed by atoms with E-state index in [9.17, 15) is 0 Å². The fourth-order valence-electron chi connectivity index (χ4n) is 3.63. The number of rotatable bonds is 5. The lowest BCUT2D eigenvalue weighted by atomic mass is 9.93. The fourth-order valence-corrected chi connectivity index (χ4v) is 3.63. The van der Waals surface area contributed by atoms with Gasteiger partial charge < -0.3 is 9.67 Å². The van der Waals surface area contributed by atoms with Gasteiger partial charge in [0.05, 0.1) is 13.2 Å². The molecule has 0 radical (unpaired) electrons. The van der Waals surface area contributed by atoms with Crippen LogP contribution in [0, 0.1) is 18.3 Å². The number of hydrogen-bond donors (Lipinski definition) is 1. The molecule has 1 saturated heterocycles. The van der Waals surface area contributed by atoms with Crippen LogP contribution in [0.1, 0.15) is 41.4 Å². The highest BCUT2D eigenvalue weighted by Gasteiger charge is 2.24. The molecule has 0 aromatic carbocycles. The number of hydrogen-bond acceptors (Lipinski definition) is 4. The standard InChI is InChI=1S/C18H25N5O/c1-14-16(11-17(12-19)21(14)2)13-22-7-4-15(5-8-22)18-3-6-20-23(18)9-10-24/h3,6,11,15,24H,4-5,7-10,13H2,1-2H3. The zero-order valence-electron chi connectivity index (χ0n) is 14.4. The predicted molar refractivity (Wildman–Crippen MR) is 91.4 cm³/mol. The van der Waals surface area contributed by atoms with Crippen molar-refractivity contribution in [3.63, 3.8) is 0 Å². The van der Waals surface area contributed by atoms with Gasteiger partial charge in [-0.2, -0.15) is 10.4 Å². The first kappa shape index (κ1) is 16.7. The van der Waals surface area contributed by atoms with E-state index in [0.29, 0.717) is 12.5 Å². The zero-order chi connectivity index (χ0) is 17.1. The number of piperidine rings is 1. The molecule has 0 unspecified atom stereocenters. The molecule has 24 heavy (non-hydrogen) atoms. The highest BCUT2D eigenvalue weighted by Crippen LogP contribution is 2.29. The van der Waals surface area contributed by atoms with Crippen LogP contribution < -0.4 is 0 Å². The maximum atomic E-state index is 9.16. The van der Waals surface area contributed by atoms with E-state index in [1.807, 2.05) is 28.6 Å². The lowest BCUT2D eigenvalue weighted by Gasteiger charge is -2.32. The third kappa shape index (κ3) is 3.23. The van der Waals surface area contributed by atoms with Crippen molar-refractivity contribution in [2.45, 2.75) is 38.8 Å². The Morgan fingerprint density at radius 1 is 1.38 bits per heavy atom. The van der Waals surface area contributed by atoms with E-state index in [4.69, 9.17) is 10.4 Å². The van der Waals surface area contributed by atoms with Crippen molar-refractivity contribution in [2.75, 3.05) is 19.7 Å². The molecule has 1 aliphatic rings. The predicted octanol–water partition coefficient (Wildman–Crippen LogP) is 1.77. The third-order valence-corrected chi connectivity index (χ3v) is 5.22. The highest BCUT2D eigenvalue weighted by atomic mass is 16.3. The molecule has 2 aromatic rings. The molecule has 0 saturated carbocycles. The molecular formula is C18H25N5O. The fraction of sp³-hybridized carbons (Fsp3) is 0.556. The van der Waals surface area contributed by atoms with Gasteiger partial charge in [0.1, 0.15) is 11.8 Å². The first-order chi connectivity index (χ1) is 11.6. The second-order valence-corrected chi connectivity index (χ2v) is 6.56. The summed E-state index contributed by atoms with van der Waals surface area (Å²) in [6.45, 7) is 5.78. The normalized spacial score (nSPS) is 16.4. The van der Waals surface area contributed by atoms with Gasteiger partial charge in [0.15, 0.2) is 0 Å². The summed E-state index contributed by atoms with van der Waals surface area (Å²) < 4.78 is 3.90. The molecule has 1 N–H and O–H groups in total. The number of aliphatic hydroxyl groups is 1. The highest BCUT2D eigenvalue weighted by molar-refractivity contribution is 5.34. The van der Waals surface area contributed by atoms with Gasteiger partial charge in [-0.05, 0) is 50.6 Å². The Morgan fingerprint density at radius 3 is 2.75 bits per heavy atom. The van der Waals surface area contributed by atoms with Crippen molar-refractivity contribution in [1.82, 2.24) is 19.2 Å². The largest absolute Gasteiger partial charge is 0.394 e. The second-order valence-electron chi connectivity index (χ2n) is 6.56. The van der Waals surface area contributed by atoms with Gasteiger partial charge in [0.25, 0.3) is 0 Å². The molecule has 6 nitrogen and oxygen atoms in total. The van der Waals surface area contributed by atoms with Crippen LogP contribution in [0.15, 0.2) is 18.3 Å². The first-order valence-corrected chi connectivity index (χ1v) is 8.54. The zero-order valence-corrected chi connectivity index (χ0v) is 14.4. The van der Waals surface area contributed by atoms with Crippen LogP contribution in [0.5, 0.6) is 0 Å². The van der Waals surface area contributed by atoms with Gasteiger partial charge in [0.2, 0.25) is 0 Å². The molecule has 3 heterocycles. The Hall–Kier alpha value is -2.10. The van der Waals surface area contributed by atoms with E-state index in [1.165, 1.54) is 17.0 Å². The van der Waals surface area contributed by atoms with Crippen LogP contribution in [0.3, 0.4) is 0 Å². The average Bonchev–Trinajstić information content (AvgIpc) is 3.16. The lowest BCUT2D eigenvalue weighted by Crippen LogP contribution is -2.33. The summed E-state index contributed by atoms with van der Waals surface area (Å²) in [5, 5.41) is 22.6. The van der Waals surface area contributed by atoms with Crippen molar-refractivity contribution < 1.29 is 5.11 Å². The van der Waals surface area contributed by atoms with E-state index in [-0.39, 0.29) is 6.61 Å². The molecule has 0 aliphatic carbocycles. The van der Waals surface area contributed by atoms with E-state index >= 15 is 0 Å². The number of aromatic nitrogens is 3. The summed E-state index contributed by atoms with van der Waals surface area (Å²) in [5.74, 6) is 0.516. The summed E-state index contributed by atoms with van der Waals surface area (Å²) in [6, 6.07) is 6.34. The molecule has 0 atom stereocenters. The molecule has 1 fully saturated rings. The summed E-state index contributed by atoms with van der Waals surface area (Å²) in [7, 11) is 1.95. The third-order valence-electron chi connectivity index (χ3n) is 5.22. The van der Waals surface area contributed by atoms with E-state index in [1.54, 1.807) is 0 Å². The van der Waals surface area contributed by atoms with Gasteiger partial charge in [-0.3, -0.25) is 9.58 Å². The Bertz CT molecular complexity index is 731. The Labute approximate surface area is 142 Å². The maximum absolute atomic E-state index is 9.16. The Kier molecular flexibility index (Phi) is 5.03. The quantitative estimate of drug-likeness (QED) is 0.909. The van der Waals surface area contributed by atoms with Crippen molar-refractivity contribution >= 4 is 0 Å². The van der Waals surface area contributed by atoms with Crippen LogP contribution >= 0.6 is 0 Å². The smallest absolute Gasteiger partial charge is 0.120 e. The first-order valence-electron chi connectivity index (χ1n) is 8.54. The maximum Gasteiger partial charge on any atom is 0.120 e. The molecule has 0 bridgehead atoms. The number of nitriles is 1. The number of aliphatic hydroxyl groups excluding tert-OH is 1. The van der Waals surface area contributed by atoms with Gasteiger partial charge in [-0.15, -0.1) is 0 Å². The number of nitrogens with zero attached hydrogens (tertiary/aromatic N) is 5. The average molecular weight is 327 g/mol. The molecule has 0 amide bonds. The summed E-state index contributed by atoms with van der Waals surface area (Å²) in [4.78, 5) is 2.47. The van der Waals surface area contributed by atoms with E-state index in [2.05, 4.69) is 29.1 Å². The van der Waals surface area contributed by atoms with Crippen molar-refractivity contribution in [1.29, 1.82) is 5.26 Å². The Balaban J connectivity index is 1.61. The van der Waals surface area contributed by atoms with Crippen molar-refractivity contribution in [3.05, 3.63) is 41.0 Å². The minimum atomic E-state index is 0.127.